The highest BCUT2D eigenvalue weighted by Crippen LogP contribution is 2.24. The van der Waals surface area contributed by atoms with Gasteiger partial charge in [-0.3, -0.25) is 4.68 Å². The predicted octanol–water partition coefficient (Wildman–Crippen LogP) is 3.35. The van der Waals surface area contributed by atoms with Gasteiger partial charge in [0.1, 0.15) is 11.3 Å². The lowest BCUT2D eigenvalue weighted by Crippen LogP contribution is -2.12. The van der Waals surface area contributed by atoms with Gasteiger partial charge in [-0.2, -0.15) is 5.10 Å². The van der Waals surface area contributed by atoms with E-state index in [4.69, 9.17) is 4.74 Å². The monoisotopic (exact) mass is 294 g/mol. The number of carbonyl (C=O) groups is 1. The molecular formula is C15H16F2N2O2. The van der Waals surface area contributed by atoms with Crippen molar-refractivity contribution in [3.63, 3.8) is 0 Å². The summed E-state index contributed by atoms with van der Waals surface area (Å²) < 4.78 is 32.4. The minimum atomic E-state index is -2.80. The maximum Gasteiger partial charge on any atom is 0.341 e. The van der Waals surface area contributed by atoms with Gasteiger partial charge in [0.05, 0.1) is 19.3 Å². The lowest BCUT2D eigenvalue weighted by molar-refractivity contribution is 0.0513. The molecule has 0 aliphatic carbocycles. The van der Waals surface area contributed by atoms with Gasteiger partial charge < -0.3 is 4.74 Å². The summed E-state index contributed by atoms with van der Waals surface area (Å²) in [6.07, 6.45) is -1.66. The highest BCUT2D eigenvalue weighted by atomic mass is 19.3. The summed E-state index contributed by atoms with van der Waals surface area (Å²) >= 11 is 0. The first-order chi connectivity index (χ1) is 10.0. The first-order valence-electron chi connectivity index (χ1n) is 6.60. The number of hydrogen-bond donors (Lipinski definition) is 0. The molecule has 1 aromatic carbocycles. The number of rotatable bonds is 5. The summed E-state index contributed by atoms with van der Waals surface area (Å²) in [5.41, 5.74) is 1.26. The summed E-state index contributed by atoms with van der Waals surface area (Å²) in [5, 5.41) is 3.91. The van der Waals surface area contributed by atoms with Crippen LogP contribution in [0.5, 0.6) is 0 Å². The maximum atomic E-state index is 13.3. The zero-order valence-electron chi connectivity index (χ0n) is 11.8. The molecule has 21 heavy (non-hydrogen) atoms. The van der Waals surface area contributed by atoms with Crippen molar-refractivity contribution < 1.29 is 18.3 Å². The van der Waals surface area contributed by atoms with Gasteiger partial charge in [0, 0.05) is 0 Å². The van der Waals surface area contributed by atoms with Gasteiger partial charge in [-0.05, 0) is 25.0 Å². The van der Waals surface area contributed by atoms with Crippen molar-refractivity contribution in [2.24, 2.45) is 0 Å². The van der Waals surface area contributed by atoms with Crippen LogP contribution in [0.15, 0.2) is 30.5 Å². The van der Waals surface area contributed by atoms with E-state index >= 15 is 0 Å². The van der Waals surface area contributed by atoms with Crippen LogP contribution in [0.2, 0.25) is 0 Å². The second kappa shape index (κ2) is 6.47. The zero-order valence-corrected chi connectivity index (χ0v) is 11.8. The number of ether oxygens (including phenoxy) is 1. The number of hydrogen-bond acceptors (Lipinski definition) is 3. The van der Waals surface area contributed by atoms with Crippen LogP contribution in [0, 0.1) is 6.92 Å². The Hall–Kier alpha value is -2.24. The van der Waals surface area contributed by atoms with Crippen LogP contribution in [0.1, 0.15) is 40.5 Å². The summed E-state index contributed by atoms with van der Waals surface area (Å²) in [4.78, 5) is 11.7. The maximum absolute atomic E-state index is 13.3. The Kier molecular flexibility index (Phi) is 4.67. The number of carbonyl (C=O) groups excluding carboxylic acids is 1. The molecule has 0 N–H and O–H groups in total. The largest absolute Gasteiger partial charge is 0.462 e. The molecule has 2 aromatic rings. The molecule has 0 saturated carbocycles. The van der Waals surface area contributed by atoms with Gasteiger partial charge in [-0.1, -0.05) is 24.3 Å². The van der Waals surface area contributed by atoms with Crippen molar-refractivity contribution in [2.75, 3.05) is 6.61 Å². The van der Waals surface area contributed by atoms with E-state index in [2.05, 4.69) is 5.10 Å². The Labute approximate surface area is 121 Å². The molecule has 0 amide bonds. The molecule has 2 rings (SSSR count). The first-order valence-corrected chi connectivity index (χ1v) is 6.60. The first kappa shape index (κ1) is 15.2. The molecule has 1 heterocycles. The topological polar surface area (TPSA) is 44.1 Å². The molecule has 0 fully saturated rings. The molecule has 112 valence electrons. The number of halogens is 2. The lowest BCUT2D eigenvalue weighted by atomic mass is 10.1. The van der Waals surface area contributed by atoms with Crippen molar-refractivity contribution in [1.29, 1.82) is 0 Å². The quantitative estimate of drug-likeness (QED) is 0.794. The van der Waals surface area contributed by atoms with Crippen molar-refractivity contribution >= 4 is 5.97 Å². The molecular weight excluding hydrogens is 278 g/mol. The highest BCUT2D eigenvalue weighted by molar-refractivity contribution is 5.90. The van der Waals surface area contributed by atoms with Crippen LogP contribution >= 0.6 is 0 Å². The van der Waals surface area contributed by atoms with E-state index in [1.165, 1.54) is 0 Å². The number of aryl methyl sites for hydroxylation is 1. The van der Waals surface area contributed by atoms with E-state index in [9.17, 15) is 13.6 Å². The van der Waals surface area contributed by atoms with Gasteiger partial charge >= 0.3 is 5.97 Å². The van der Waals surface area contributed by atoms with E-state index in [0.717, 1.165) is 22.0 Å². The number of alkyl halides is 2. The predicted molar refractivity (Wildman–Crippen MR) is 73.4 cm³/mol. The summed E-state index contributed by atoms with van der Waals surface area (Å²) in [6.45, 7) is 3.83. The van der Waals surface area contributed by atoms with Crippen molar-refractivity contribution in [3.05, 3.63) is 52.8 Å². The molecule has 1 aromatic heterocycles. The third kappa shape index (κ3) is 3.26. The minimum absolute atomic E-state index is 0.129. The summed E-state index contributed by atoms with van der Waals surface area (Å²) in [7, 11) is 0. The molecule has 4 nitrogen and oxygen atoms in total. The molecule has 0 aliphatic rings. The third-order valence-corrected chi connectivity index (χ3v) is 3.16. The molecule has 0 bridgehead atoms. The van der Waals surface area contributed by atoms with Crippen LogP contribution in [0.4, 0.5) is 8.78 Å². The number of benzene rings is 1. The van der Waals surface area contributed by atoms with E-state index in [0.29, 0.717) is 0 Å². The molecule has 0 aliphatic heterocycles. The van der Waals surface area contributed by atoms with Crippen LogP contribution in [-0.4, -0.2) is 22.4 Å². The fraction of sp³-hybridized carbons (Fsp3) is 0.333. The lowest BCUT2D eigenvalue weighted by Gasteiger charge is -2.10. The normalized spacial score (nSPS) is 10.9. The molecule has 0 radical (unpaired) electrons. The molecule has 6 heteroatoms. The van der Waals surface area contributed by atoms with Gasteiger partial charge in [0.25, 0.3) is 6.43 Å². The Morgan fingerprint density at radius 3 is 2.71 bits per heavy atom. The number of nitrogens with zero attached hydrogens (tertiary/aromatic N) is 2. The van der Waals surface area contributed by atoms with Crippen LogP contribution in [-0.2, 0) is 11.3 Å². The second-order valence-electron chi connectivity index (χ2n) is 4.55. The van der Waals surface area contributed by atoms with Gasteiger partial charge in [-0.15, -0.1) is 0 Å². The van der Waals surface area contributed by atoms with Crippen molar-refractivity contribution in [3.8, 4) is 0 Å². The average molecular weight is 294 g/mol. The second-order valence-corrected chi connectivity index (χ2v) is 4.55. The molecule has 0 unspecified atom stereocenters. The summed E-state index contributed by atoms with van der Waals surface area (Å²) in [6, 6.07) is 7.45. The van der Waals surface area contributed by atoms with Crippen molar-refractivity contribution in [1.82, 2.24) is 9.78 Å². The fourth-order valence-corrected chi connectivity index (χ4v) is 2.07. The van der Waals surface area contributed by atoms with E-state index < -0.39 is 18.1 Å². The standard InChI is InChI=1S/C15H16F2N2O2/c1-3-21-15(20)12-8-18-19(13(12)14(16)17)9-11-7-5-4-6-10(11)2/h4-8,14H,3,9H2,1-2H3. The SMILES string of the molecule is CCOC(=O)c1cnn(Cc2ccccc2C)c1C(F)F. The molecule has 0 spiro atoms. The highest BCUT2D eigenvalue weighted by Gasteiger charge is 2.25. The van der Waals surface area contributed by atoms with Gasteiger partial charge in [0.2, 0.25) is 0 Å². The van der Waals surface area contributed by atoms with Crippen LogP contribution in [0.3, 0.4) is 0 Å². The average Bonchev–Trinajstić information content (AvgIpc) is 2.85. The zero-order chi connectivity index (χ0) is 15.4. The van der Waals surface area contributed by atoms with Gasteiger partial charge in [-0.25, -0.2) is 13.6 Å². The van der Waals surface area contributed by atoms with E-state index in [1.54, 1.807) is 6.92 Å². The Bertz CT molecular complexity index is 638. The smallest absolute Gasteiger partial charge is 0.341 e. The summed E-state index contributed by atoms with van der Waals surface area (Å²) in [5.74, 6) is -0.774. The third-order valence-electron chi connectivity index (χ3n) is 3.16. The fourth-order valence-electron chi connectivity index (χ4n) is 2.07. The number of aromatic nitrogens is 2. The minimum Gasteiger partial charge on any atom is -0.462 e. The van der Waals surface area contributed by atoms with Crippen LogP contribution < -0.4 is 0 Å². The van der Waals surface area contributed by atoms with E-state index in [-0.39, 0.29) is 18.7 Å². The Balaban J connectivity index is 2.36. The Morgan fingerprint density at radius 2 is 2.10 bits per heavy atom. The van der Waals surface area contributed by atoms with Crippen LogP contribution in [0.25, 0.3) is 0 Å². The van der Waals surface area contributed by atoms with Crippen molar-refractivity contribution in [2.45, 2.75) is 26.8 Å². The molecule has 0 saturated heterocycles. The van der Waals surface area contributed by atoms with E-state index in [1.807, 2.05) is 31.2 Å². The van der Waals surface area contributed by atoms with Gasteiger partial charge in [0.15, 0.2) is 0 Å². The number of esters is 1. The Morgan fingerprint density at radius 1 is 1.38 bits per heavy atom. The molecule has 0 atom stereocenters.